The maximum Gasteiger partial charge on any atom is 0.191 e. The zero-order chi connectivity index (χ0) is 15.0. The van der Waals surface area contributed by atoms with Gasteiger partial charge in [-0.15, -0.1) is 0 Å². The maximum absolute atomic E-state index is 5.23. The molecule has 0 saturated carbocycles. The molecular formula is C16H27N3O. The Balaban J connectivity index is 2.41. The average Bonchev–Trinajstić information content (AvgIpc) is 2.46. The lowest BCUT2D eigenvalue weighted by molar-refractivity contribution is 0.414. The van der Waals surface area contributed by atoms with Gasteiger partial charge in [0.25, 0.3) is 0 Å². The van der Waals surface area contributed by atoms with Crippen LogP contribution >= 0.6 is 0 Å². The lowest BCUT2D eigenvalue weighted by Gasteiger charge is -2.20. The average molecular weight is 277 g/mol. The van der Waals surface area contributed by atoms with E-state index in [1.807, 2.05) is 12.1 Å². The Kier molecular flexibility index (Phi) is 6.91. The fraction of sp³-hybridized carbons (Fsp3) is 0.562. The summed E-state index contributed by atoms with van der Waals surface area (Å²) in [5.41, 5.74) is 1.25. The maximum atomic E-state index is 5.23. The molecule has 0 fully saturated rings. The van der Waals surface area contributed by atoms with Gasteiger partial charge in [0, 0.05) is 19.6 Å². The first-order chi connectivity index (χ1) is 9.56. The second-order valence-electron chi connectivity index (χ2n) is 5.28. The van der Waals surface area contributed by atoms with Gasteiger partial charge in [0.1, 0.15) is 5.75 Å². The molecule has 0 aliphatic carbocycles. The van der Waals surface area contributed by atoms with Crippen LogP contribution in [0.15, 0.2) is 29.3 Å². The number of ether oxygens (including phenoxy) is 1. The molecule has 0 saturated heterocycles. The summed E-state index contributed by atoms with van der Waals surface area (Å²) >= 11 is 0. The van der Waals surface area contributed by atoms with E-state index < -0.39 is 0 Å². The van der Waals surface area contributed by atoms with Crippen molar-refractivity contribution in [2.45, 2.75) is 33.2 Å². The Hall–Kier alpha value is -1.71. The van der Waals surface area contributed by atoms with E-state index in [4.69, 9.17) is 4.74 Å². The van der Waals surface area contributed by atoms with Crippen LogP contribution in [0, 0.1) is 5.92 Å². The van der Waals surface area contributed by atoms with Gasteiger partial charge >= 0.3 is 0 Å². The molecule has 112 valence electrons. The van der Waals surface area contributed by atoms with Gasteiger partial charge in [0.15, 0.2) is 5.96 Å². The third-order valence-corrected chi connectivity index (χ3v) is 3.43. The van der Waals surface area contributed by atoms with Crippen molar-refractivity contribution in [2.75, 3.05) is 20.7 Å². The topological polar surface area (TPSA) is 45.7 Å². The van der Waals surface area contributed by atoms with Crippen LogP contribution in [0.25, 0.3) is 0 Å². The summed E-state index contributed by atoms with van der Waals surface area (Å²) in [5.74, 6) is 2.33. The first-order valence-corrected chi connectivity index (χ1v) is 7.17. The number of rotatable bonds is 6. The van der Waals surface area contributed by atoms with E-state index in [9.17, 15) is 0 Å². The lowest BCUT2D eigenvalue weighted by atomic mass is 10.1. The van der Waals surface area contributed by atoms with E-state index in [0.29, 0.717) is 12.0 Å². The summed E-state index contributed by atoms with van der Waals surface area (Å²) in [7, 11) is 3.49. The second-order valence-corrected chi connectivity index (χ2v) is 5.28. The van der Waals surface area contributed by atoms with Crippen molar-refractivity contribution in [1.82, 2.24) is 10.6 Å². The highest BCUT2D eigenvalue weighted by Crippen LogP contribution is 2.12. The van der Waals surface area contributed by atoms with E-state index in [0.717, 1.165) is 24.7 Å². The summed E-state index contributed by atoms with van der Waals surface area (Å²) in [6.07, 6.45) is 0.938. The van der Waals surface area contributed by atoms with E-state index in [2.05, 4.69) is 48.5 Å². The third kappa shape index (κ3) is 5.51. The number of aliphatic imine (C=N–C) groups is 1. The summed E-state index contributed by atoms with van der Waals surface area (Å²) in [6.45, 7) is 7.40. The molecule has 0 radical (unpaired) electrons. The molecule has 2 N–H and O–H groups in total. The SMILES string of the molecule is CN=C(NCCc1cccc(OC)c1)NC(C)C(C)C. The second kappa shape index (κ2) is 8.46. The molecule has 0 amide bonds. The minimum Gasteiger partial charge on any atom is -0.497 e. The van der Waals surface area contributed by atoms with Crippen molar-refractivity contribution in [3.8, 4) is 5.75 Å². The van der Waals surface area contributed by atoms with Crippen LogP contribution in [-0.4, -0.2) is 32.7 Å². The number of guanidine groups is 1. The minimum atomic E-state index is 0.401. The first-order valence-electron chi connectivity index (χ1n) is 7.17. The normalized spacial score (nSPS) is 13.2. The van der Waals surface area contributed by atoms with Gasteiger partial charge in [-0.3, -0.25) is 4.99 Å². The molecule has 0 bridgehead atoms. The molecule has 0 aliphatic rings. The van der Waals surface area contributed by atoms with E-state index >= 15 is 0 Å². The monoisotopic (exact) mass is 277 g/mol. The van der Waals surface area contributed by atoms with Gasteiger partial charge in [0.2, 0.25) is 0 Å². The standard InChI is InChI=1S/C16H27N3O/c1-12(2)13(3)19-16(17-4)18-10-9-14-7-6-8-15(11-14)20-5/h6-8,11-13H,9-10H2,1-5H3,(H2,17,18,19). The summed E-state index contributed by atoms with van der Waals surface area (Å²) in [4.78, 5) is 4.25. The van der Waals surface area contributed by atoms with Crippen LogP contribution in [0.2, 0.25) is 0 Å². The van der Waals surface area contributed by atoms with E-state index in [-0.39, 0.29) is 0 Å². The van der Waals surface area contributed by atoms with Gasteiger partial charge in [-0.25, -0.2) is 0 Å². The summed E-state index contributed by atoms with van der Waals surface area (Å²) < 4.78 is 5.23. The Labute approximate surface area is 122 Å². The molecule has 1 aromatic carbocycles. The third-order valence-electron chi connectivity index (χ3n) is 3.43. The van der Waals surface area contributed by atoms with Crippen LogP contribution in [0.3, 0.4) is 0 Å². The fourth-order valence-electron chi connectivity index (χ4n) is 1.73. The number of nitrogens with one attached hydrogen (secondary N) is 2. The van der Waals surface area contributed by atoms with Crippen molar-refractivity contribution in [1.29, 1.82) is 0 Å². The lowest BCUT2D eigenvalue weighted by Crippen LogP contribution is -2.44. The van der Waals surface area contributed by atoms with Gasteiger partial charge in [-0.05, 0) is 37.0 Å². The Morgan fingerprint density at radius 3 is 2.65 bits per heavy atom. The molecule has 0 spiro atoms. The van der Waals surface area contributed by atoms with Crippen molar-refractivity contribution in [2.24, 2.45) is 10.9 Å². The molecular weight excluding hydrogens is 250 g/mol. The molecule has 20 heavy (non-hydrogen) atoms. The predicted molar refractivity (Wildman–Crippen MR) is 85.5 cm³/mol. The highest BCUT2D eigenvalue weighted by molar-refractivity contribution is 5.79. The number of hydrogen-bond donors (Lipinski definition) is 2. The highest BCUT2D eigenvalue weighted by atomic mass is 16.5. The zero-order valence-corrected chi connectivity index (χ0v) is 13.2. The Morgan fingerprint density at radius 2 is 2.05 bits per heavy atom. The first kappa shape index (κ1) is 16.3. The molecule has 0 heterocycles. The number of benzene rings is 1. The van der Waals surface area contributed by atoms with Crippen molar-refractivity contribution in [3.05, 3.63) is 29.8 Å². The summed E-state index contributed by atoms with van der Waals surface area (Å²) in [5, 5.41) is 6.73. The van der Waals surface area contributed by atoms with Gasteiger partial charge in [0.05, 0.1) is 7.11 Å². The Bertz CT molecular complexity index is 429. The van der Waals surface area contributed by atoms with Crippen molar-refractivity contribution in [3.63, 3.8) is 0 Å². The molecule has 0 aliphatic heterocycles. The molecule has 0 aromatic heterocycles. The van der Waals surface area contributed by atoms with Crippen LogP contribution in [0.5, 0.6) is 5.75 Å². The van der Waals surface area contributed by atoms with Crippen LogP contribution < -0.4 is 15.4 Å². The number of methoxy groups -OCH3 is 1. The molecule has 1 unspecified atom stereocenters. The fourth-order valence-corrected chi connectivity index (χ4v) is 1.73. The summed E-state index contributed by atoms with van der Waals surface area (Å²) in [6, 6.07) is 8.55. The molecule has 1 rings (SSSR count). The smallest absolute Gasteiger partial charge is 0.191 e. The van der Waals surface area contributed by atoms with E-state index in [1.54, 1.807) is 14.2 Å². The molecule has 4 heteroatoms. The van der Waals surface area contributed by atoms with Gasteiger partial charge in [-0.2, -0.15) is 0 Å². The predicted octanol–water partition coefficient (Wildman–Crippen LogP) is 2.45. The van der Waals surface area contributed by atoms with Gasteiger partial charge in [-0.1, -0.05) is 26.0 Å². The van der Waals surface area contributed by atoms with Crippen LogP contribution in [-0.2, 0) is 6.42 Å². The van der Waals surface area contributed by atoms with Crippen LogP contribution in [0.1, 0.15) is 26.3 Å². The Morgan fingerprint density at radius 1 is 1.30 bits per heavy atom. The van der Waals surface area contributed by atoms with Crippen molar-refractivity contribution >= 4 is 5.96 Å². The molecule has 4 nitrogen and oxygen atoms in total. The molecule has 1 aromatic rings. The zero-order valence-electron chi connectivity index (χ0n) is 13.2. The quantitative estimate of drug-likeness (QED) is 0.620. The number of hydrogen-bond acceptors (Lipinski definition) is 2. The largest absolute Gasteiger partial charge is 0.497 e. The van der Waals surface area contributed by atoms with E-state index in [1.165, 1.54) is 5.56 Å². The number of nitrogens with zero attached hydrogens (tertiary/aromatic N) is 1. The molecule has 1 atom stereocenters. The highest BCUT2D eigenvalue weighted by Gasteiger charge is 2.08. The minimum absolute atomic E-state index is 0.401. The van der Waals surface area contributed by atoms with Crippen LogP contribution in [0.4, 0.5) is 0 Å². The van der Waals surface area contributed by atoms with Gasteiger partial charge < -0.3 is 15.4 Å². The van der Waals surface area contributed by atoms with Crippen molar-refractivity contribution < 1.29 is 4.74 Å².